The first-order chi connectivity index (χ1) is 9.90. The first-order valence-corrected chi connectivity index (χ1v) is 7.91. The lowest BCUT2D eigenvalue weighted by molar-refractivity contribution is 0.356. The molecule has 5 nitrogen and oxygen atoms in total. The van der Waals surface area contributed by atoms with E-state index in [1.807, 2.05) is 13.0 Å². The quantitative estimate of drug-likeness (QED) is 0.733. The van der Waals surface area contributed by atoms with Gasteiger partial charge in [0.1, 0.15) is 5.82 Å². The van der Waals surface area contributed by atoms with Gasteiger partial charge in [0.25, 0.3) is 0 Å². The van der Waals surface area contributed by atoms with Crippen LogP contribution in [0.1, 0.15) is 39.3 Å². The summed E-state index contributed by atoms with van der Waals surface area (Å²) in [6.45, 7) is 10.5. The molecule has 0 saturated carbocycles. The molecule has 1 aromatic rings. The molecule has 1 heterocycles. The minimum atomic E-state index is 0.397. The summed E-state index contributed by atoms with van der Waals surface area (Å²) in [5.74, 6) is 2.28. The number of aryl methyl sites for hydroxylation is 1. The monoisotopic (exact) mass is 293 g/mol. The molecule has 0 fully saturated rings. The fourth-order valence-electron chi connectivity index (χ4n) is 2.36. The number of aromatic nitrogens is 2. The molecule has 0 bridgehead atoms. The summed E-state index contributed by atoms with van der Waals surface area (Å²) in [6.07, 6.45) is 2.19. The lowest BCUT2D eigenvalue weighted by Gasteiger charge is -2.24. The summed E-state index contributed by atoms with van der Waals surface area (Å²) >= 11 is 0. The van der Waals surface area contributed by atoms with Gasteiger partial charge in [-0.05, 0) is 39.8 Å². The van der Waals surface area contributed by atoms with Crippen LogP contribution >= 0.6 is 0 Å². The summed E-state index contributed by atoms with van der Waals surface area (Å²) in [5.41, 5.74) is 0.985. The van der Waals surface area contributed by atoms with Crippen molar-refractivity contribution in [3.63, 3.8) is 0 Å². The number of nitrogens with one attached hydrogen (secondary N) is 2. The highest BCUT2D eigenvalue weighted by Crippen LogP contribution is 2.14. The van der Waals surface area contributed by atoms with Gasteiger partial charge < -0.3 is 15.5 Å². The molecule has 1 unspecified atom stereocenters. The first-order valence-electron chi connectivity index (χ1n) is 7.91. The third kappa shape index (κ3) is 7.27. The molecular formula is C16H31N5. The molecular weight excluding hydrogens is 262 g/mol. The Morgan fingerprint density at radius 1 is 1.24 bits per heavy atom. The lowest BCUT2D eigenvalue weighted by atomic mass is 10.0. The molecule has 0 radical (unpaired) electrons. The van der Waals surface area contributed by atoms with Crippen molar-refractivity contribution in [3.05, 3.63) is 11.8 Å². The van der Waals surface area contributed by atoms with E-state index < -0.39 is 0 Å². The van der Waals surface area contributed by atoms with Gasteiger partial charge in [0.2, 0.25) is 5.95 Å². The molecule has 0 saturated heterocycles. The van der Waals surface area contributed by atoms with E-state index in [-0.39, 0.29) is 0 Å². The second-order valence-electron chi connectivity index (χ2n) is 6.38. The highest BCUT2D eigenvalue weighted by Gasteiger charge is 2.13. The fourth-order valence-corrected chi connectivity index (χ4v) is 2.36. The zero-order chi connectivity index (χ0) is 15.8. The third-order valence-corrected chi connectivity index (χ3v) is 3.08. The van der Waals surface area contributed by atoms with Gasteiger partial charge in [0, 0.05) is 30.9 Å². The maximum atomic E-state index is 4.57. The van der Waals surface area contributed by atoms with Crippen molar-refractivity contribution in [1.29, 1.82) is 0 Å². The Morgan fingerprint density at radius 3 is 2.52 bits per heavy atom. The molecule has 0 aliphatic rings. The highest BCUT2D eigenvalue weighted by molar-refractivity contribution is 5.43. The van der Waals surface area contributed by atoms with Crippen LogP contribution in [-0.2, 0) is 0 Å². The van der Waals surface area contributed by atoms with E-state index in [0.717, 1.165) is 37.4 Å². The molecule has 0 aromatic carbocycles. The van der Waals surface area contributed by atoms with Gasteiger partial charge in [-0.2, -0.15) is 4.98 Å². The Kier molecular flexibility index (Phi) is 7.43. The number of likely N-dealkylation sites (N-methyl/N-ethyl adjacent to an activating group) is 1. The van der Waals surface area contributed by atoms with Gasteiger partial charge in [-0.1, -0.05) is 20.8 Å². The van der Waals surface area contributed by atoms with Gasteiger partial charge in [-0.15, -0.1) is 0 Å². The maximum Gasteiger partial charge on any atom is 0.224 e. The Hall–Kier alpha value is -1.36. The summed E-state index contributed by atoms with van der Waals surface area (Å²) in [7, 11) is 4.21. The van der Waals surface area contributed by atoms with Crippen molar-refractivity contribution in [2.24, 2.45) is 5.92 Å². The van der Waals surface area contributed by atoms with Crippen LogP contribution in [0.2, 0.25) is 0 Å². The zero-order valence-corrected chi connectivity index (χ0v) is 14.4. The van der Waals surface area contributed by atoms with Crippen molar-refractivity contribution in [2.45, 2.75) is 46.6 Å². The summed E-state index contributed by atoms with van der Waals surface area (Å²) in [4.78, 5) is 11.2. The van der Waals surface area contributed by atoms with Crippen molar-refractivity contribution in [1.82, 2.24) is 14.9 Å². The SMILES string of the molecule is CCCNc1nc(C)cc(NC(CC(C)C)CN(C)C)n1. The Morgan fingerprint density at radius 2 is 1.95 bits per heavy atom. The molecule has 0 aliphatic carbocycles. The number of hydrogen-bond acceptors (Lipinski definition) is 5. The topological polar surface area (TPSA) is 53.1 Å². The van der Waals surface area contributed by atoms with E-state index in [4.69, 9.17) is 0 Å². The van der Waals surface area contributed by atoms with Gasteiger partial charge in [-0.3, -0.25) is 0 Å². The van der Waals surface area contributed by atoms with Crippen LogP contribution in [0.3, 0.4) is 0 Å². The van der Waals surface area contributed by atoms with E-state index in [9.17, 15) is 0 Å². The molecule has 120 valence electrons. The molecule has 1 rings (SSSR count). The second-order valence-corrected chi connectivity index (χ2v) is 6.38. The largest absolute Gasteiger partial charge is 0.366 e. The van der Waals surface area contributed by atoms with Crippen LogP contribution < -0.4 is 10.6 Å². The van der Waals surface area contributed by atoms with E-state index in [1.54, 1.807) is 0 Å². The highest BCUT2D eigenvalue weighted by atomic mass is 15.2. The Labute approximate surface area is 129 Å². The van der Waals surface area contributed by atoms with E-state index >= 15 is 0 Å². The summed E-state index contributed by atoms with van der Waals surface area (Å²) < 4.78 is 0. The lowest BCUT2D eigenvalue weighted by Crippen LogP contribution is -2.33. The standard InChI is InChI=1S/C16H31N5/c1-7-8-17-16-18-13(4)10-15(20-16)19-14(9-12(2)3)11-21(5)6/h10,12,14H,7-9,11H2,1-6H3,(H2,17,18,19,20). The average Bonchev–Trinajstić information content (AvgIpc) is 2.33. The average molecular weight is 293 g/mol. The van der Waals surface area contributed by atoms with E-state index in [2.05, 4.69) is 60.4 Å². The van der Waals surface area contributed by atoms with Gasteiger partial charge >= 0.3 is 0 Å². The molecule has 5 heteroatoms. The van der Waals surface area contributed by atoms with Gasteiger partial charge in [-0.25, -0.2) is 4.98 Å². The molecule has 0 spiro atoms. The summed E-state index contributed by atoms with van der Waals surface area (Å²) in [6, 6.07) is 2.41. The third-order valence-electron chi connectivity index (χ3n) is 3.08. The minimum Gasteiger partial charge on any atom is -0.366 e. The van der Waals surface area contributed by atoms with Crippen LogP contribution in [0.4, 0.5) is 11.8 Å². The Balaban J connectivity index is 2.78. The van der Waals surface area contributed by atoms with Gasteiger partial charge in [0.05, 0.1) is 0 Å². The molecule has 1 aromatic heterocycles. The number of nitrogens with zero attached hydrogens (tertiary/aromatic N) is 3. The smallest absolute Gasteiger partial charge is 0.224 e. The maximum absolute atomic E-state index is 4.57. The van der Waals surface area contributed by atoms with Crippen molar-refractivity contribution in [3.8, 4) is 0 Å². The van der Waals surface area contributed by atoms with Crippen molar-refractivity contribution >= 4 is 11.8 Å². The number of hydrogen-bond donors (Lipinski definition) is 2. The van der Waals surface area contributed by atoms with Crippen molar-refractivity contribution < 1.29 is 0 Å². The Bertz CT molecular complexity index is 407. The second kappa shape index (κ2) is 8.82. The van der Waals surface area contributed by atoms with Crippen LogP contribution in [-0.4, -0.2) is 48.1 Å². The van der Waals surface area contributed by atoms with Crippen LogP contribution in [0.25, 0.3) is 0 Å². The molecule has 2 N–H and O–H groups in total. The summed E-state index contributed by atoms with van der Waals surface area (Å²) in [5, 5.41) is 6.82. The normalized spacial score (nSPS) is 12.8. The fraction of sp³-hybridized carbons (Fsp3) is 0.750. The van der Waals surface area contributed by atoms with Gasteiger partial charge in [0.15, 0.2) is 0 Å². The molecule has 1 atom stereocenters. The molecule has 21 heavy (non-hydrogen) atoms. The predicted octanol–water partition coefficient (Wildman–Crippen LogP) is 3.00. The van der Waals surface area contributed by atoms with E-state index in [0.29, 0.717) is 17.9 Å². The first kappa shape index (κ1) is 17.7. The molecule has 0 amide bonds. The van der Waals surface area contributed by atoms with Crippen LogP contribution in [0.5, 0.6) is 0 Å². The van der Waals surface area contributed by atoms with E-state index in [1.165, 1.54) is 0 Å². The number of anilines is 2. The predicted molar refractivity (Wildman–Crippen MR) is 91.0 cm³/mol. The zero-order valence-electron chi connectivity index (χ0n) is 14.4. The van der Waals surface area contributed by atoms with Crippen LogP contribution in [0, 0.1) is 12.8 Å². The number of rotatable bonds is 9. The molecule has 0 aliphatic heterocycles. The minimum absolute atomic E-state index is 0.397. The van der Waals surface area contributed by atoms with Crippen LogP contribution in [0.15, 0.2) is 6.07 Å². The van der Waals surface area contributed by atoms with Crippen molar-refractivity contribution in [2.75, 3.05) is 37.8 Å².